The summed E-state index contributed by atoms with van der Waals surface area (Å²) < 4.78 is 38.6. The number of hydrogen-bond acceptors (Lipinski definition) is 3. The quantitative estimate of drug-likeness (QED) is 0.747. The Hall–Kier alpha value is -3.15. The summed E-state index contributed by atoms with van der Waals surface area (Å²) in [6, 6.07) is 9.03. The fourth-order valence-corrected chi connectivity index (χ4v) is 3.24. The third-order valence-electron chi connectivity index (χ3n) is 4.61. The second-order valence-electron chi connectivity index (χ2n) is 6.57. The van der Waals surface area contributed by atoms with Gasteiger partial charge in [0, 0.05) is 17.5 Å². The number of ether oxygens (including phenoxy) is 1. The number of aryl methyl sites for hydroxylation is 1. The van der Waals surface area contributed by atoms with Crippen molar-refractivity contribution >= 4 is 5.91 Å². The van der Waals surface area contributed by atoms with Crippen LogP contribution in [0.3, 0.4) is 0 Å². The van der Waals surface area contributed by atoms with Crippen LogP contribution in [0.1, 0.15) is 21.5 Å². The van der Waals surface area contributed by atoms with E-state index in [1.807, 2.05) is 0 Å². The molecule has 27 heavy (non-hydrogen) atoms. The Morgan fingerprint density at radius 3 is 2.81 bits per heavy atom. The lowest BCUT2D eigenvalue weighted by Crippen LogP contribution is -2.34. The molecule has 1 amide bonds. The summed E-state index contributed by atoms with van der Waals surface area (Å²) in [6.45, 7) is 1.94. The maximum absolute atomic E-state index is 14.1. The van der Waals surface area contributed by atoms with E-state index in [1.165, 1.54) is 30.7 Å². The average molecular weight is 369 g/mol. The number of amides is 1. The summed E-state index contributed by atoms with van der Waals surface area (Å²) in [7, 11) is 0. The van der Waals surface area contributed by atoms with Crippen LogP contribution in [0.4, 0.5) is 8.78 Å². The second-order valence-corrected chi connectivity index (χ2v) is 6.57. The molecule has 0 bridgehead atoms. The first kappa shape index (κ1) is 17.3. The molecule has 4 rings (SSSR count). The predicted octanol–water partition coefficient (Wildman–Crippen LogP) is 4.27. The van der Waals surface area contributed by atoms with Gasteiger partial charge in [-0.05, 0) is 48.4 Å². The SMILES string of the molecule is Cc1cc(-c2cc(F)cc3c2OC(CNC(=O)c2ccoc2)C3)ccc1F. The zero-order valence-corrected chi connectivity index (χ0v) is 14.6. The first-order valence-electron chi connectivity index (χ1n) is 8.57. The highest BCUT2D eigenvalue weighted by molar-refractivity contribution is 5.93. The molecule has 0 saturated carbocycles. The number of halogens is 2. The number of fused-ring (bicyclic) bond motifs is 1. The van der Waals surface area contributed by atoms with Crippen molar-refractivity contribution in [2.24, 2.45) is 0 Å². The Balaban J connectivity index is 1.55. The highest BCUT2D eigenvalue weighted by atomic mass is 19.1. The van der Waals surface area contributed by atoms with Crippen molar-refractivity contribution in [2.45, 2.75) is 19.4 Å². The van der Waals surface area contributed by atoms with Crippen LogP contribution >= 0.6 is 0 Å². The molecule has 1 N–H and O–H groups in total. The van der Waals surface area contributed by atoms with Gasteiger partial charge in [0.15, 0.2) is 0 Å². The van der Waals surface area contributed by atoms with Gasteiger partial charge in [0.25, 0.3) is 5.91 Å². The molecule has 1 unspecified atom stereocenters. The standard InChI is InChI=1S/C21H17F2NO3/c1-12-6-13(2-3-19(12)23)18-9-16(22)7-15-8-17(27-20(15)18)10-24-21(25)14-4-5-26-11-14/h2-7,9,11,17H,8,10H2,1H3,(H,24,25). The maximum atomic E-state index is 14.1. The molecular formula is C21H17F2NO3. The van der Waals surface area contributed by atoms with Crippen molar-refractivity contribution in [1.82, 2.24) is 5.32 Å². The van der Waals surface area contributed by atoms with Crippen LogP contribution in [0.5, 0.6) is 5.75 Å². The van der Waals surface area contributed by atoms with E-state index in [1.54, 1.807) is 25.1 Å². The minimum Gasteiger partial charge on any atom is -0.487 e. The molecule has 0 radical (unpaired) electrons. The van der Waals surface area contributed by atoms with Crippen LogP contribution in [0.15, 0.2) is 53.3 Å². The average Bonchev–Trinajstić information content (AvgIpc) is 3.31. The summed E-state index contributed by atoms with van der Waals surface area (Å²) in [4.78, 5) is 12.0. The Labute approximate surface area is 154 Å². The lowest BCUT2D eigenvalue weighted by atomic mass is 9.99. The van der Waals surface area contributed by atoms with E-state index in [9.17, 15) is 13.6 Å². The van der Waals surface area contributed by atoms with Crippen molar-refractivity contribution in [3.63, 3.8) is 0 Å². The minimum absolute atomic E-state index is 0.260. The highest BCUT2D eigenvalue weighted by Gasteiger charge is 2.27. The van der Waals surface area contributed by atoms with E-state index < -0.39 is 0 Å². The third kappa shape index (κ3) is 3.43. The molecule has 0 aliphatic carbocycles. The number of hydrogen-bond donors (Lipinski definition) is 1. The largest absolute Gasteiger partial charge is 0.487 e. The van der Waals surface area contributed by atoms with Gasteiger partial charge in [-0.25, -0.2) is 8.78 Å². The Morgan fingerprint density at radius 2 is 2.07 bits per heavy atom. The highest BCUT2D eigenvalue weighted by Crippen LogP contribution is 2.40. The number of nitrogens with one attached hydrogen (secondary N) is 1. The molecule has 0 saturated heterocycles. The Bertz CT molecular complexity index is 999. The van der Waals surface area contributed by atoms with Gasteiger partial charge in [-0.3, -0.25) is 4.79 Å². The Kier molecular flexibility index (Phi) is 4.39. The lowest BCUT2D eigenvalue weighted by molar-refractivity contribution is 0.0933. The number of furan rings is 1. The molecule has 2 heterocycles. The number of benzene rings is 2. The second kappa shape index (κ2) is 6.87. The van der Waals surface area contributed by atoms with Gasteiger partial charge < -0.3 is 14.5 Å². The van der Waals surface area contributed by atoms with Gasteiger partial charge in [0.1, 0.15) is 29.8 Å². The summed E-state index contributed by atoms with van der Waals surface area (Å²) >= 11 is 0. The third-order valence-corrected chi connectivity index (χ3v) is 4.61. The van der Waals surface area contributed by atoms with E-state index in [2.05, 4.69) is 5.32 Å². The van der Waals surface area contributed by atoms with Crippen molar-refractivity contribution in [1.29, 1.82) is 0 Å². The summed E-state index contributed by atoms with van der Waals surface area (Å²) in [5.74, 6) is -0.376. The van der Waals surface area contributed by atoms with Crippen molar-refractivity contribution in [3.05, 3.63) is 77.2 Å². The number of carbonyl (C=O) groups is 1. The maximum Gasteiger partial charge on any atom is 0.254 e. The lowest BCUT2D eigenvalue weighted by Gasteiger charge is -2.14. The predicted molar refractivity (Wildman–Crippen MR) is 95.7 cm³/mol. The molecule has 138 valence electrons. The van der Waals surface area contributed by atoms with Crippen molar-refractivity contribution in [3.8, 4) is 16.9 Å². The van der Waals surface area contributed by atoms with Crippen LogP contribution in [-0.2, 0) is 6.42 Å². The summed E-state index contributed by atoms with van der Waals surface area (Å²) in [5.41, 5.74) is 2.91. The van der Waals surface area contributed by atoms with Crippen molar-refractivity contribution < 1.29 is 22.7 Å². The fraction of sp³-hybridized carbons (Fsp3) is 0.190. The minimum atomic E-state index is -0.377. The van der Waals surface area contributed by atoms with E-state index >= 15 is 0 Å². The van der Waals surface area contributed by atoms with Crippen LogP contribution < -0.4 is 10.1 Å². The van der Waals surface area contributed by atoms with Crippen LogP contribution in [-0.4, -0.2) is 18.6 Å². The molecule has 2 aromatic carbocycles. The first-order chi connectivity index (χ1) is 13.0. The molecule has 1 aliphatic rings. The van der Waals surface area contributed by atoms with Gasteiger partial charge in [-0.15, -0.1) is 0 Å². The fourth-order valence-electron chi connectivity index (χ4n) is 3.24. The van der Waals surface area contributed by atoms with Gasteiger partial charge in [0.2, 0.25) is 0 Å². The molecular weight excluding hydrogens is 352 g/mol. The van der Waals surface area contributed by atoms with Gasteiger partial charge in [0.05, 0.1) is 18.4 Å². The van der Waals surface area contributed by atoms with Gasteiger partial charge in [-0.1, -0.05) is 6.07 Å². The van der Waals surface area contributed by atoms with E-state index in [0.29, 0.717) is 34.4 Å². The van der Waals surface area contributed by atoms with Crippen molar-refractivity contribution in [2.75, 3.05) is 6.54 Å². The van der Waals surface area contributed by atoms with Crippen LogP contribution in [0.2, 0.25) is 0 Å². The monoisotopic (exact) mass is 369 g/mol. The molecule has 1 aliphatic heterocycles. The van der Waals surface area contributed by atoms with E-state index in [0.717, 1.165) is 5.56 Å². The van der Waals surface area contributed by atoms with Gasteiger partial charge in [-0.2, -0.15) is 0 Å². The summed E-state index contributed by atoms with van der Waals surface area (Å²) in [6.07, 6.45) is 2.96. The Morgan fingerprint density at radius 1 is 1.22 bits per heavy atom. The summed E-state index contributed by atoms with van der Waals surface area (Å²) in [5, 5.41) is 2.79. The molecule has 1 atom stereocenters. The van der Waals surface area contributed by atoms with E-state index in [-0.39, 0.29) is 30.2 Å². The van der Waals surface area contributed by atoms with Crippen LogP contribution in [0.25, 0.3) is 11.1 Å². The molecule has 0 fully saturated rings. The first-order valence-corrected chi connectivity index (χ1v) is 8.57. The molecule has 4 nitrogen and oxygen atoms in total. The zero-order valence-electron chi connectivity index (χ0n) is 14.6. The molecule has 6 heteroatoms. The van der Waals surface area contributed by atoms with Crippen LogP contribution in [0, 0.1) is 18.6 Å². The number of rotatable bonds is 4. The molecule has 3 aromatic rings. The topological polar surface area (TPSA) is 51.5 Å². The van der Waals surface area contributed by atoms with E-state index in [4.69, 9.17) is 9.15 Å². The smallest absolute Gasteiger partial charge is 0.254 e. The number of carbonyl (C=O) groups excluding carboxylic acids is 1. The zero-order chi connectivity index (χ0) is 19.0. The molecule has 0 spiro atoms. The van der Waals surface area contributed by atoms with Gasteiger partial charge >= 0.3 is 0 Å². The normalized spacial score (nSPS) is 15.3. The molecule has 1 aromatic heterocycles.